The first-order valence-electron chi connectivity index (χ1n) is 9.87. The SMILES string of the molecule is COC(=O)c1cc2cc(NC3=NC(Nc4ccc5c(c4)OOCC5)N(F)C=C3)ccc2o1. The van der Waals surface area contributed by atoms with Crippen LogP contribution in [0, 0.1) is 0 Å². The largest absolute Gasteiger partial charge is 0.463 e. The van der Waals surface area contributed by atoms with Crippen molar-refractivity contribution in [2.45, 2.75) is 12.7 Å². The minimum absolute atomic E-state index is 0.117. The van der Waals surface area contributed by atoms with Gasteiger partial charge in [0.2, 0.25) is 12.0 Å². The zero-order chi connectivity index (χ0) is 22.1. The summed E-state index contributed by atoms with van der Waals surface area (Å²) in [6.07, 6.45) is 2.57. The number of carbonyl (C=O) groups is 1. The summed E-state index contributed by atoms with van der Waals surface area (Å²) < 4.78 is 24.5. The molecule has 2 N–H and O–H groups in total. The first kappa shape index (κ1) is 19.9. The molecular formula is C22H19FN4O5. The Balaban J connectivity index is 1.33. The van der Waals surface area contributed by atoms with E-state index in [9.17, 15) is 9.28 Å². The van der Waals surface area contributed by atoms with Gasteiger partial charge < -0.3 is 24.7 Å². The van der Waals surface area contributed by atoms with Gasteiger partial charge in [0.05, 0.1) is 13.7 Å². The molecular weight excluding hydrogens is 419 g/mol. The van der Waals surface area contributed by atoms with Crippen LogP contribution in [0.2, 0.25) is 0 Å². The summed E-state index contributed by atoms with van der Waals surface area (Å²) in [7, 11) is 1.29. The Morgan fingerprint density at radius 1 is 1.22 bits per heavy atom. The number of carbonyl (C=O) groups excluding carboxylic acids is 1. The maximum Gasteiger partial charge on any atom is 0.373 e. The Morgan fingerprint density at radius 2 is 2.09 bits per heavy atom. The topological polar surface area (TPSA) is 97.6 Å². The highest BCUT2D eigenvalue weighted by molar-refractivity contribution is 6.05. The number of aliphatic imine (C=N–C) groups is 1. The number of anilines is 2. The summed E-state index contributed by atoms with van der Waals surface area (Å²) in [6, 6.07) is 12.4. The van der Waals surface area contributed by atoms with E-state index in [0.717, 1.165) is 12.0 Å². The van der Waals surface area contributed by atoms with Gasteiger partial charge in [-0.15, -0.1) is 0 Å². The van der Waals surface area contributed by atoms with Gasteiger partial charge in [-0.3, -0.25) is 0 Å². The van der Waals surface area contributed by atoms with Gasteiger partial charge in [-0.2, -0.15) is 10.0 Å². The van der Waals surface area contributed by atoms with Crippen molar-refractivity contribution >= 4 is 34.1 Å². The Hall–Kier alpha value is -4.05. The van der Waals surface area contributed by atoms with Crippen molar-refractivity contribution in [3.05, 3.63) is 66.1 Å². The van der Waals surface area contributed by atoms with Crippen LogP contribution in [0.4, 0.5) is 15.9 Å². The zero-order valence-electron chi connectivity index (χ0n) is 17.0. The normalized spacial score (nSPS) is 17.4. The van der Waals surface area contributed by atoms with Crippen molar-refractivity contribution in [2.75, 3.05) is 24.4 Å². The van der Waals surface area contributed by atoms with Gasteiger partial charge in [-0.25, -0.2) is 9.79 Å². The number of hydrogen-bond donors (Lipinski definition) is 2. The maximum atomic E-state index is 14.3. The van der Waals surface area contributed by atoms with Crippen LogP contribution in [-0.4, -0.2) is 36.9 Å². The third kappa shape index (κ3) is 3.95. The number of fused-ring (bicyclic) bond motifs is 2. The lowest BCUT2D eigenvalue weighted by Gasteiger charge is -2.25. The van der Waals surface area contributed by atoms with E-state index in [1.807, 2.05) is 12.1 Å². The fraction of sp³-hybridized carbons (Fsp3) is 0.182. The molecule has 0 aliphatic carbocycles. The van der Waals surface area contributed by atoms with Crippen LogP contribution >= 0.6 is 0 Å². The predicted octanol–water partition coefficient (Wildman–Crippen LogP) is 4.01. The summed E-state index contributed by atoms with van der Waals surface area (Å²) in [5.74, 6) is 0.614. The molecule has 3 heterocycles. The van der Waals surface area contributed by atoms with Crippen molar-refractivity contribution < 1.29 is 28.2 Å². The molecule has 1 unspecified atom stereocenters. The zero-order valence-corrected chi connectivity index (χ0v) is 17.0. The first-order valence-corrected chi connectivity index (χ1v) is 9.87. The standard InChI is InChI=1S/C22H19FN4O5/c1-29-21(28)19-11-14-10-15(4-5-17(14)31-19)24-20-6-8-27(23)22(26-20)25-16-3-2-13-7-9-30-32-18(13)12-16/h2-6,8,10-12,22,25H,7,9H2,1H3,(H,24,26). The van der Waals surface area contributed by atoms with Gasteiger partial charge in [0.1, 0.15) is 11.4 Å². The van der Waals surface area contributed by atoms with E-state index < -0.39 is 12.3 Å². The summed E-state index contributed by atoms with van der Waals surface area (Å²) in [5, 5.41) is 7.34. The summed E-state index contributed by atoms with van der Waals surface area (Å²) in [6.45, 7) is 0.499. The van der Waals surface area contributed by atoms with E-state index in [-0.39, 0.29) is 5.76 Å². The van der Waals surface area contributed by atoms with Crippen LogP contribution in [0.15, 0.2) is 64.2 Å². The van der Waals surface area contributed by atoms with Crippen LogP contribution in [0.5, 0.6) is 5.75 Å². The number of amidine groups is 1. The van der Waals surface area contributed by atoms with E-state index in [4.69, 9.17) is 14.2 Å². The van der Waals surface area contributed by atoms with Crippen molar-refractivity contribution in [1.82, 2.24) is 5.12 Å². The van der Waals surface area contributed by atoms with Gasteiger partial charge in [0, 0.05) is 41.0 Å². The molecule has 1 aromatic heterocycles. The van der Waals surface area contributed by atoms with E-state index in [0.29, 0.717) is 45.7 Å². The van der Waals surface area contributed by atoms with Crippen molar-refractivity contribution in [3.8, 4) is 5.75 Å². The molecule has 0 saturated carbocycles. The van der Waals surface area contributed by atoms with Crippen LogP contribution < -0.4 is 15.5 Å². The molecule has 3 aromatic rings. The second-order valence-corrected chi connectivity index (χ2v) is 7.15. The predicted molar refractivity (Wildman–Crippen MR) is 115 cm³/mol. The lowest BCUT2D eigenvalue weighted by Crippen LogP contribution is -2.35. The third-order valence-electron chi connectivity index (χ3n) is 5.01. The third-order valence-corrected chi connectivity index (χ3v) is 5.01. The van der Waals surface area contributed by atoms with Gasteiger partial charge in [-0.05, 0) is 36.4 Å². The molecule has 0 radical (unpaired) electrons. The fourth-order valence-electron chi connectivity index (χ4n) is 3.43. The number of halogens is 1. The number of nitrogens with one attached hydrogen (secondary N) is 2. The molecule has 1 atom stereocenters. The summed E-state index contributed by atoms with van der Waals surface area (Å²) in [4.78, 5) is 26.2. The monoisotopic (exact) mass is 438 g/mol. The van der Waals surface area contributed by atoms with Gasteiger partial charge in [-0.1, -0.05) is 10.5 Å². The van der Waals surface area contributed by atoms with Gasteiger partial charge >= 0.3 is 5.97 Å². The average molecular weight is 438 g/mol. The number of benzene rings is 2. The number of hydrogen-bond acceptors (Lipinski definition) is 9. The second kappa shape index (κ2) is 8.23. The van der Waals surface area contributed by atoms with E-state index >= 15 is 0 Å². The smallest absolute Gasteiger partial charge is 0.373 e. The Morgan fingerprint density at radius 3 is 2.97 bits per heavy atom. The molecule has 0 amide bonds. The first-order chi connectivity index (χ1) is 15.6. The fourth-order valence-corrected chi connectivity index (χ4v) is 3.43. The highest BCUT2D eigenvalue weighted by Gasteiger charge is 2.20. The average Bonchev–Trinajstić information content (AvgIpc) is 3.24. The summed E-state index contributed by atoms with van der Waals surface area (Å²) in [5.41, 5.74) is 2.91. The minimum Gasteiger partial charge on any atom is -0.463 e. The molecule has 2 aliphatic rings. The molecule has 0 saturated heterocycles. The molecule has 32 heavy (non-hydrogen) atoms. The Labute approximate surface area is 181 Å². The van der Waals surface area contributed by atoms with Crippen molar-refractivity contribution in [2.24, 2.45) is 4.99 Å². The Kier molecular flexibility index (Phi) is 5.12. The molecule has 2 aromatic carbocycles. The lowest BCUT2D eigenvalue weighted by molar-refractivity contribution is -0.215. The van der Waals surface area contributed by atoms with Crippen LogP contribution in [-0.2, 0) is 16.0 Å². The van der Waals surface area contributed by atoms with E-state index in [1.54, 1.807) is 30.3 Å². The highest BCUT2D eigenvalue weighted by Crippen LogP contribution is 2.28. The maximum absolute atomic E-state index is 14.3. The van der Waals surface area contributed by atoms with Gasteiger partial charge in [0.15, 0.2) is 5.75 Å². The molecule has 0 bridgehead atoms. The number of esters is 1. The van der Waals surface area contributed by atoms with E-state index in [2.05, 4.69) is 20.4 Å². The van der Waals surface area contributed by atoms with Crippen LogP contribution in [0.3, 0.4) is 0 Å². The summed E-state index contributed by atoms with van der Waals surface area (Å²) >= 11 is 0. The number of rotatable bonds is 4. The number of methoxy groups -OCH3 is 1. The van der Waals surface area contributed by atoms with Gasteiger partial charge in [0.25, 0.3) is 0 Å². The molecule has 2 aliphatic heterocycles. The van der Waals surface area contributed by atoms with Crippen molar-refractivity contribution in [3.63, 3.8) is 0 Å². The number of ether oxygens (including phenoxy) is 1. The van der Waals surface area contributed by atoms with E-state index in [1.165, 1.54) is 19.4 Å². The minimum atomic E-state index is -0.978. The quantitative estimate of drug-likeness (QED) is 0.358. The number of nitrogens with zero attached hydrogens (tertiary/aromatic N) is 2. The Bertz CT molecular complexity index is 1240. The molecule has 10 heteroatoms. The molecule has 9 nitrogen and oxygen atoms in total. The van der Waals surface area contributed by atoms with Crippen LogP contribution in [0.1, 0.15) is 16.1 Å². The molecule has 0 spiro atoms. The molecule has 5 rings (SSSR count). The second-order valence-electron chi connectivity index (χ2n) is 7.15. The molecule has 164 valence electrons. The lowest BCUT2D eigenvalue weighted by atomic mass is 10.1. The number of furan rings is 1. The molecule has 0 fully saturated rings. The highest BCUT2D eigenvalue weighted by atomic mass is 19.2. The van der Waals surface area contributed by atoms with Crippen molar-refractivity contribution in [1.29, 1.82) is 0 Å². The van der Waals surface area contributed by atoms with Crippen LogP contribution in [0.25, 0.3) is 11.0 Å².